The molecule has 3 N–H and O–H groups in total. The highest BCUT2D eigenvalue weighted by Gasteiger charge is 2.34. The van der Waals surface area contributed by atoms with E-state index in [9.17, 15) is 14.0 Å². The van der Waals surface area contributed by atoms with Gasteiger partial charge in [-0.15, -0.1) is 0 Å². The third kappa shape index (κ3) is 2.26. The Morgan fingerprint density at radius 1 is 1.41 bits per heavy atom. The molecule has 2 rings (SSSR count). The van der Waals surface area contributed by atoms with E-state index in [1.54, 1.807) is 0 Å². The second-order valence-electron chi connectivity index (χ2n) is 3.89. The molecule has 1 aromatic rings. The number of amides is 2. The molecule has 0 aliphatic carbocycles. The molecule has 6 heteroatoms. The maximum atomic E-state index is 12.7. The lowest BCUT2D eigenvalue weighted by atomic mass is 10.1. The summed E-state index contributed by atoms with van der Waals surface area (Å²) in [5, 5.41) is 0. The molecule has 0 unspecified atom stereocenters. The number of hydrogen-bond acceptors (Lipinski definition) is 3. The minimum absolute atomic E-state index is 0.125. The zero-order valence-electron chi connectivity index (χ0n) is 9.02. The van der Waals surface area contributed by atoms with Crippen molar-refractivity contribution < 1.29 is 14.0 Å². The molecular weight excluding hydrogens is 225 g/mol. The maximum Gasteiger partial charge on any atom is 0.239 e. The third-order valence-corrected chi connectivity index (χ3v) is 2.78. The van der Waals surface area contributed by atoms with Crippen molar-refractivity contribution in [2.45, 2.75) is 6.42 Å². The van der Waals surface area contributed by atoms with E-state index in [1.807, 2.05) is 5.43 Å². The molecule has 1 aliphatic heterocycles. The van der Waals surface area contributed by atoms with Crippen molar-refractivity contribution in [1.29, 1.82) is 0 Å². The quantitative estimate of drug-likeness (QED) is 0.437. The second kappa shape index (κ2) is 4.50. The van der Waals surface area contributed by atoms with Crippen LogP contribution in [0.15, 0.2) is 24.3 Å². The number of nitrogens with zero attached hydrogens (tertiary/aromatic N) is 1. The van der Waals surface area contributed by atoms with Crippen molar-refractivity contribution >= 4 is 17.5 Å². The molecule has 5 nitrogen and oxygen atoms in total. The van der Waals surface area contributed by atoms with Crippen molar-refractivity contribution in [2.75, 3.05) is 11.4 Å². The van der Waals surface area contributed by atoms with Gasteiger partial charge in [0.25, 0.3) is 0 Å². The summed E-state index contributed by atoms with van der Waals surface area (Å²) >= 11 is 0. The third-order valence-electron chi connectivity index (χ3n) is 2.78. The number of hydrazine groups is 1. The van der Waals surface area contributed by atoms with Crippen LogP contribution in [0.25, 0.3) is 0 Å². The first kappa shape index (κ1) is 11.5. The van der Waals surface area contributed by atoms with E-state index in [0.29, 0.717) is 5.69 Å². The summed E-state index contributed by atoms with van der Waals surface area (Å²) in [5.74, 6) is 3.69. The standard InChI is InChI=1S/C11H12FN3O2/c12-8-1-3-9(4-2-8)15-6-7(5-10(15)16)11(17)14-13/h1-4,7H,5-6,13H2,(H,14,17)/t7-/m1/s1. The summed E-state index contributed by atoms with van der Waals surface area (Å²) in [6.07, 6.45) is 0.125. The SMILES string of the molecule is NNC(=O)[C@@H]1CC(=O)N(c2ccc(F)cc2)C1. The van der Waals surface area contributed by atoms with Crippen LogP contribution in [0.5, 0.6) is 0 Å². The first-order chi connectivity index (χ1) is 8.11. The van der Waals surface area contributed by atoms with Gasteiger partial charge in [-0.1, -0.05) is 0 Å². The summed E-state index contributed by atoms with van der Waals surface area (Å²) in [7, 11) is 0. The monoisotopic (exact) mass is 237 g/mol. The summed E-state index contributed by atoms with van der Waals surface area (Å²) in [6, 6.07) is 5.57. The Kier molecular flexibility index (Phi) is 3.06. The van der Waals surface area contributed by atoms with E-state index in [4.69, 9.17) is 5.84 Å². The van der Waals surface area contributed by atoms with Gasteiger partial charge in [-0.3, -0.25) is 15.0 Å². The van der Waals surface area contributed by atoms with Gasteiger partial charge in [-0.2, -0.15) is 0 Å². The predicted octanol–water partition coefficient (Wildman–Crippen LogP) is 0.168. The Bertz CT molecular complexity index is 447. The molecule has 0 spiro atoms. The lowest BCUT2D eigenvalue weighted by molar-refractivity contribution is -0.126. The van der Waals surface area contributed by atoms with Crippen LogP contribution < -0.4 is 16.2 Å². The maximum absolute atomic E-state index is 12.7. The molecule has 17 heavy (non-hydrogen) atoms. The van der Waals surface area contributed by atoms with Crippen molar-refractivity contribution in [3.8, 4) is 0 Å². The van der Waals surface area contributed by atoms with Crippen LogP contribution in [-0.4, -0.2) is 18.4 Å². The molecule has 0 saturated carbocycles. The number of carbonyl (C=O) groups excluding carboxylic acids is 2. The van der Waals surface area contributed by atoms with Gasteiger partial charge in [0, 0.05) is 18.7 Å². The van der Waals surface area contributed by atoms with Crippen LogP contribution in [0, 0.1) is 11.7 Å². The number of carbonyl (C=O) groups is 2. The van der Waals surface area contributed by atoms with E-state index < -0.39 is 5.92 Å². The highest BCUT2D eigenvalue weighted by atomic mass is 19.1. The molecule has 1 saturated heterocycles. The zero-order valence-corrected chi connectivity index (χ0v) is 9.02. The summed E-state index contributed by atoms with van der Waals surface area (Å²) in [5.41, 5.74) is 2.62. The molecule has 0 aromatic heterocycles. The molecule has 0 bridgehead atoms. The van der Waals surface area contributed by atoms with Gasteiger partial charge in [0.1, 0.15) is 5.82 Å². The van der Waals surface area contributed by atoms with E-state index >= 15 is 0 Å². The molecule has 2 amide bonds. The van der Waals surface area contributed by atoms with Gasteiger partial charge < -0.3 is 4.90 Å². The number of rotatable bonds is 2. The number of anilines is 1. The van der Waals surface area contributed by atoms with Crippen LogP contribution in [0.2, 0.25) is 0 Å². The number of halogens is 1. The lowest BCUT2D eigenvalue weighted by Gasteiger charge is -2.16. The largest absolute Gasteiger partial charge is 0.312 e. The Labute approximate surface area is 97.4 Å². The van der Waals surface area contributed by atoms with Gasteiger partial charge in [0.15, 0.2) is 0 Å². The molecule has 1 heterocycles. The van der Waals surface area contributed by atoms with Gasteiger partial charge in [0.2, 0.25) is 11.8 Å². The first-order valence-electron chi connectivity index (χ1n) is 5.18. The summed E-state index contributed by atoms with van der Waals surface area (Å²) in [6.45, 7) is 0.271. The second-order valence-corrected chi connectivity index (χ2v) is 3.89. The minimum Gasteiger partial charge on any atom is -0.312 e. The topological polar surface area (TPSA) is 75.4 Å². The van der Waals surface area contributed by atoms with Gasteiger partial charge in [0.05, 0.1) is 5.92 Å². The van der Waals surface area contributed by atoms with Crippen LogP contribution in [0.3, 0.4) is 0 Å². The Balaban J connectivity index is 2.15. The molecular formula is C11H12FN3O2. The van der Waals surface area contributed by atoms with E-state index in [2.05, 4.69) is 0 Å². The fraction of sp³-hybridized carbons (Fsp3) is 0.273. The normalized spacial score (nSPS) is 19.5. The summed E-state index contributed by atoms with van der Waals surface area (Å²) in [4.78, 5) is 24.5. The molecule has 1 atom stereocenters. The van der Waals surface area contributed by atoms with Gasteiger partial charge in [-0.25, -0.2) is 10.2 Å². The van der Waals surface area contributed by atoms with Gasteiger partial charge in [-0.05, 0) is 24.3 Å². The number of nitrogens with one attached hydrogen (secondary N) is 1. The van der Waals surface area contributed by atoms with Gasteiger partial charge >= 0.3 is 0 Å². The molecule has 90 valence electrons. The molecule has 1 aromatic carbocycles. The van der Waals surface area contributed by atoms with E-state index in [-0.39, 0.29) is 30.6 Å². The zero-order chi connectivity index (χ0) is 12.4. The highest BCUT2D eigenvalue weighted by molar-refractivity contribution is 6.00. The fourth-order valence-electron chi connectivity index (χ4n) is 1.87. The number of nitrogens with two attached hydrogens (primary N) is 1. The Morgan fingerprint density at radius 2 is 2.06 bits per heavy atom. The number of benzene rings is 1. The summed E-state index contributed by atoms with van der Waals surface area (Å²) < 4.78 is 12.7. The van der Waals surface area contributed by atoms with Crippen LogP contribution >= 0.6 is 0 Å². The Hall–Kier alpha value is -1.95. The molecule has 1 aliphatic rings. The first-order valence-corrected chi connectivity index (χ1v) is 5.18. The number of hydrogen-bond donors (Lipinski definition) is 2. The van der Waals surface area contributed by atoms with Crippen molar-refractivity contribution in [1.82, 2.24) is 5.43 Å². The van der Waals surface area contributed by atoms with Crippen molar-refractivity contribution in [3.63, 3.8) is 0 Å². The van der Waals surface area contributed by atoms with Crippen molar-refractivity contribution in [3.05, 3.63) is 30.1 Å². The molecule has 0 radical (unpaired) electrons. The van der Waals surface area contributed by atoms with Crippen LogP contribution in [0.1, 0.15) is 6.42 Å². The van der Waals surface area contributed by atoms with Crippen LogP contribution in [-0.2, 0) is 9.59 Å². The van der Waals surface area contributed by atoms with E-state index in [0.717, 1.165) is 0 Å². The fourth-order valence-corrected chi connectivity index (χ4v) is 1.87. The minimum atomic E-state index is -0.447. The highest BCUT2D eigenvalue weighted by Crippen LogP contribution is 2.25. The molecule has 1 fully saturated rings. The lowest BCUT2D eigenvalue weighted by Crippen LogP contribution is -2.37. The Morgan fingerprint density at radius 3 is 2.65 bits per heavy atom. The smallest absolute Gasteiger partial charge is 0.239 e. The van der Waals surface area contributed by atoms with Crippen molar-refractivity contribution in [2.24, 2.45) is 11.8 Å². The van der Waals surface area contributed by atoms with E-state index in [1.165, 1.54) is 29.2 Å². The van der Waals surface area contributed by atoms with Crippen LogP contribution in [0.4, 0.5) is 10.1 Å². The average molecular weight is 237 g/mol. The average Bonchev–Trinajstić information content (AvgIpc) is 2.71. The predicted molar refractivity (Wildman–Crippen MR) is 59.2 cm³/mol.